The Labute approximate surface area is 60.5 Å². The Morgan fingerprint density at radius 3 is 2.60 bits per heavy atom. The summed E-state index contributed by atoms with van der Waals surface area (Å²) >= 11 is 0. The van der Waals surface area contributed by atoms with E-state index in [2.05, 4.69) is 4.98 Å². The highest BCUT2D eigenvalue weighted by molar-refractivity contribution is 5.10. The van der Waals surface area contributed by atoms with E-state index in [1.807, 2.05) is 12.1 Å². The van der Waals surface area contributed by atoms with E-state index in [0.29, 0.717) is 6.42 Å². The highest BCUT2D eigenvalue weighted by Crippen LogP contribution is 1.99. The van der Waals surface area contributed by atoms with Crippen molar-refractivity contribution >= 4 is 0 Å². The van der Waals surface area contributed by atoms with Gasteiger partial charge in [0.1, 0.15) is 0 Å². The van der Waals surface area contributed by atoms with Crippen LogP contribution in [0.1, 0.15) is 12.5 Å². The van der Waals surface area contributed by atoms with Gasteiger partial charge in [-0.1, -0.05) is 0 Å². The molecule has 0 aliphatic rings. The van der Waals surface area contributed by atoms with Crippen molar-refractivity contribution in [2.75, 3.05) is 0 Å². The van der Waals surface area contributed by atoms with Crippen LogP contribution in [-0.4, -0.2) is 16.2 Å². The average molecular weight is 137 g/mol. The lowest BCUT2D eigenvalue weighted by Gasteiger charge is -2.01. The molecule has 0 fully saturated rings. The molecule has 2 nitrogen and oxygen atoms in total. The maximum atomic E-state index is 8.99. The van der Waals surface area contributed by atoms with Crippen LogP contribution in [-0.2, 0) is 6.42 Å². The van der Waals surface area contributed by atoms with Crippen molar-refractivity contribution in [3.8, 4) is 0 Å². The average Bonchev–Trinajstić information content (AvgIpc) is 1.88. The van der Waals surface area contributed by atoms with E-state index in [1.165, 1.54) is 0 Å². The van der Waals surface area contributed by atoms with E-state index >= 15 is 0 Å². The first-order valence-corrected chi connectivity index (χ1v) is 3.36. The summed E-state index contributed by atoms with van der Waals surface area (Å²) in [5.74, 6) is 0. The van der Waals surface area contributed by atoms with Gasteiger partial charge in [-0.15, -0.1) is 0 Å². The van der Waals surface area contributed by atoms with Crippen molar-refractivity contribution in [2.45, 2.75) is 19.4 Å². The van der Waals surface area contributed by atoms with E-state index in [4.69, 9.17) is 5.11 Å². The number of rotatable bonds is 2. The molecule has 0 saturated heterocycles. The molecule has 0 aliphatic heterocycles. The summed E-state index contributed by atoms with van der Waals surface area (Å²) in [6.45, 7) is 1.78. The molecule has 1 heterocycles. The Bertz CT molecular complexity index is 184. The predicted molar refractivity (Wildman–Crippen MR) is 39.6 cm³/mol. The van der Waals surface area contributed by atoms with E-state index in [0.717, 1.165) is 5.56 Å². The zero-order chi connectivity index (χ0) is 7.40. The maximum absolute atomic E-state index is 8.99. The zero-order valence-electron chi connectivity index (χ0n) is 5.99. The molecule has 0 amide bonds. The van der Waals surface area contributed by atoms with Crippen molar-refractivity contribution in [1.29, 1.82) is 0 Å². The summed E-state index contributed by atoms with van der Waals surface area (Å²) in [7, 11) is 0. The van der Waals surface area contributed by atoms with Crippen LogP contribution in [0.4, 0.5) is 0 Å². The van der Waals surface area contributed by atoms with Gasteiger partial charge in [0, 0.05) is 12.4 Å². The minimum Gasteiger partial charge on any atom is -0.393 e. The van der Waals surface area contributed by atoms with Crippen LogP contribution in [0.5, 0.6) is 0 Å². The van der Waals surface area contributed by atoms with E-state index in [1.54, 1.807) is 19.3 Å². The number of pyridine rings is 1. The smallest absolute Gasteiger partial charge is 0.0552 e. The van der Waals surface area contributed by atoms with Crippen LogP contribution in [0.3, 0.4) is 0 Å². The van der Waals surface area contributed by atoms with Gasteiger partial charge in [-0.3, -0.25) is 4.98 Å². The maximum Gasteiger partial charge on any atom is 0.0552 e. The lowest BCUT2D eigenvalue weighted by atomic mass is 10.1. The number of hydrogen-bond acceptors (Lipinski definition) is 2. The summed E-state index contributed by atoms with van der Waals surface area (Å²) in [6, 6.07) is 3.82. The lowest BCUT2D eigenvalue weighted by molar-refractivity contribution is 0.195. The minimum atomic E-state index is -0.262. The van der Waals surface area contributed by atoms with Gasteiger partial charge < -0.3 is 5.11 Å². The van der Waals surface area contributed by atoms with Gasteiger partial charge >= 0.3 is 0 Å². The van der Waals surface area contributed by atoms with Crippen LogP contribution in [0, 0.1) is 0 Å². The number of aliphatic hydroxyl groups is 1. The topological polar surface area (TPSA) is 33.1 Å². The highest BCUT2D eigenvalue weighted by atomic mass is 16.3. The molecule has 0 bridgehead atoms. The fourth-order valence-corrected chi connectivity index (χ4v) is 0.860. The Morgan fingerprint density at radius 1 is 1.50 bits per heavy atom. The zero-order valence-corrected chi connectivity index (χ0v) is 5.99. The van der Waals surface area contributed by atoms with Gasteiger partial charge in [0.05, 0.1) is 6.10 Å². The molecule has 54 valence electrons. The van der Waals surface area contributed by atoms with Crippen LogP contribution in [0.15, 0.2) is 24.5 Å². The Morgan fingerprint density at radius 2 is 2.10 bits per heavy atom. The van der Waals surface area contributed by atoms with Crippen molar-refractivity contribution < 1.29 is 5.11 Å². The second kappa shape index (κ2) is 3.32. The first-order valence-electron chi connectivity index (χ1n) is 3.36. The molecule has 1 atom stereocenters. The lowest BCUT2D eigenvalue weighted by Crippen LogP contribution is -2.03. The molecule has 0 radical (unpaired) electrons. The fourth-order valence-electron chi connectivity index (χ4n) is 0.860. The van der Waals surface area contributed by atoms with Gasteiger partial charge in [0.15, 0.2) is 0 Å². The first kappa shape index (κ1) is 7.22. The molecule has 1 N–H and O–H groups in total. The molecule has 2 heteroatoms. The molecule has 1 aromatic heterocycles. The largest absolute Gasteiger partial charge is 0.393 e. The van der Waals surface area contributed by atoms with Crippen molar-refractivity contribution in [3.05, 3.63) is 30.1 Å². The molecule has 1 rings (SSSR count). The number of hydrogen-bond donors (Lipinski definition) is 1. The highest BCUT2D eigenvalue weighted by Gasteiger charge is 1.95. The van der Waals surface area contributed by atoms with Crippen molar-refractivity contribution in [2.24, 2.45) is 0 Å². The van der Waals surface area contributed by atoms with Gasteiger partial charge in [0.2, 0.25) is 0 Å². The summed E-state index contributed by atoms with van der Waals surface area (Å²) in [6.07, 6.45) is 3.92. The van der Waals surface area contributed by atoms with Gasteiger partial charge in [0.25, 0.3) is 0 Å². The fraction of sp³-hybridized carbons (Fsp3) is 0.375. The Kier molecular flexibility index (Phi) is 2.40. The second-order valence-electron chi connectivity index (χ2n) is 2.41. The second-order valence-corrected chi connectivity index (χ2v) is 2.41. The molecule has 0 aromatic carbocycles. The summed E-state index contributed by atoms with van der Waals surface area (Å²) in [4.78, 5) is 3.87. The Hall–Kier alpha value is -0.890. The summed E-state index contributed by atoms with van der Waals surface area (Å²) in [5, 5.41) is 8.99. The molecule has 0 saturated carbocycles. The third-order valence-electron chi connectivity index (χ3n) is 1.28. The van der Waals surface area contributed by atoms with Crippen molar-refractivity contribution in [1.82, 2.24) is 4.98 Å². The quantitative estimate of drug-likeness (QED) is 0.659. The standard InChI is InChI=1S/C8H11NO/c1-7(10)6-8-2-4-9-5-3-8/h2-5,7,10H,6H2,1H3/t7-/m1/s1. The van der Waals surface area contributed by atoms with Crippen LogP contribution in [0.2, 0.25) is 0 Å². The third-order valence-corrected chi connectivity index (χ3v) is 1.28. The van der Waals surface area contributed by atoms with E-state index in [-0.39, 0.29) is 6.10 Å². The van der Waals surface area contributed by atoms with Gasteiger partial charge in [-0.25, -0.2) is 0 Å². The summed E-state index contributed by atoms with van der Waals surface area (Å²) < 4.78 is 0. The molecule has 10 heavy (non-hydrogen) atoms. The predicted octanol–water partition coefficient (Wildman–Crippen LogP) is 1.00. The molecular formula is C8H11NO. The molecule has 0 aliphatic carbocycles. The molecule has 0 spiro atoms. The SMILES string of the molecule is C[C@@H](O)Cc1ccncc1. The number of aromatic nitrogens is 1. The molecular weight excluding hydrogens is 126 g/mol. The number of aliphatic hydroxyl groups excluding tert-OH is 1. The summed E-state index contributed by atoms with van der Waals surface area (Å²) in [5.41, 5.74) is 1.13. The molecule has 1 aromatic rings. The number of nitrogens with zero attached hydrogens (tertiary/aromatic N) is 1. The monoisotopic (exact) mass is 137 g/mol. The Balaban J connectivity index is 2.59. The van der Waals surface area contributed by atoms with Gasteiger partial charge in [-0.2, -0.15) is 0 Å². The first-order chi connectivity index (χ1) is 4.79. The minimum absolute atomic E-state index is 0.262. The van der Waals surface area contributed by atoms with E-state index < -0.39 is 0 Å². The van der Waals surface area contributed by atoms with Crippen LogP contribution in [0.25, 0.3) is 0 Å². The molecule has 0 unspecified atom stereocenters. The van der Waals surface area contributed by atoms with Crippen molar-refractivity contribution in [3.63, 3.8) is 0 Å². The normalized spacial score (nSPS) is 13.0. The van der Waals surface area contributed by atoms with E-state index in [9.17, 15) is 0 Å². The third kappa shape index (κ3) is 2.15. The van der Waals surface area contributed by atoms with Gasteiger partial charge in [-0.05, 0) is 31.0 Å². The van der Waals surface area contributed by atoms with Crippen LogP contribution >= 0.6 is 0 Å². The van der Waals surface area contributed by atoms with Crippen LogP contribution < -0.4 is 0 Å².